The molecule has 62 heavy (non-hydrogen) atoms. The Morgan fingerprint density at radius 2 is 1.39 bits per heavy atom. The number of pyridine rings is 2. The van der Waals surface area contributed by atoms with Crippen molar-refractivity contribution in [2.45, 2.75) is 99.3 Å². The first-order chi connectivity index (χ1) is 29.5. The summed E-state index contributed by atoms with van der Waals surface area (Å²) in [4.78, 5) is 10.6. The predicted octanol–water partition coefficient (Wildman–Crippen LogP) is 15.7. The van der Waals surface area contributed by atoms with E-state index in [1.807, 2.05) is 6.07 Å². The van der Waals surface area contributed by atoms with Crippen molar-refractivity contribution in [1.82, 2.24) is 14.5 Å². The van der Waals surface area contributed by atoms with Crippen LogP contribution < -0.4 is 4.74 Å². The Bertz CT molecular complexity index is 3290. The standard InChI is InChI=1S/C57H57N3O2/c1-33-19-21-37(25-34(33)2)60-47-18-14-13-17-40(47)41-22-24-49(59-53(41)60)61-38-26-42(51-43(27-38)50-39-16-12-11-15-35(39)20-23-48(50)62-51)46-28-44-45(31-58-46)57(9,10)52(56(44,7)8)36-29-54(3,4)32-55(5,6)30-36/h11-28,31,36,52H,29-30,32H2,1-10H3. The lowest BCUT2D eigenvalue weighted by molar-refractivity contribution is 0.00421. The first-order valence-corrected chi connectivity index (χ1v) is 22.5. The quantitative estimate of drug-likeness (QED) is 0.174. The predicted molar refractivity (Wildman–Crippen MR) is 257 cm³/mol. The van der Waals surface area contributed by atoms with E-state index < -0.39 is 0 Å². The summed E-state index contributed by atoms with van der Waals surface area (Å²) in [5, 5.41) is 6.64. The van der Waals surface area contributed by atoms with Gasteiger partial charge < -0.3 is 9.15 Å². The van der Waals surface area contributed by atoms with Gasteiger partial charge in [0.15, 0.2) is 0 Å². The highest BCUT2D eigenvalue weighted by molar-refractivity contribution is 6.21. The van der Waals surface area contributed by atoms with Gasteiger partial charge in [-0.1, -0.05) is 110 Å². The van der Waals surface area contributed by atoms with E-state index in [0.29, 0.717) is 34.3 Å². The molecule has 0 amide bonds. The highest BCUT2D eigenvalue weighted by Crippen LogP contribution is 2.62. The Kier molecular flexibility index (Phi) is 8.34. The summed E-state index contributed by atoms with van der Waals surface area (Å²) in [5.74, 6) is 2.31. The van der Waals surface area contributed by atoms with Crippen molar-refractivity contribution in [2.75, 3.05) is 0 Å². The number of aryl methyl sites for hydroxylation is 2. The van der Waals surface area contributed by atoms with Crippen LogP contribution in [0.4, 0.5) is 0 Å². The molecule has 4 aromatic heterocycles. The summed E-state index contributed by atoms with van der Waals surface area (Å²) < 4.78 is 16.1. The van der Waals surface area contributed by atoms with Gasteiger partial charge >= 0.3 is 0 Å². The summed E-state index contributed by atoms with van der Waals surface area (Å²) in [6.07, 6.45) is 5.95. The maximum absolute atomic E-state index is 6.92. The molecule has 2 aliphatic carbocycles. The Morgan fingerprint density at radius 3 is 2.16 bits per heavy atom. The molecule has 9 aromatic rings. The lowest BCUT2D eigenvalue weighted by Crippen LogP contribution is -2.45. The molecule has 5 heteroatoms. The first-order valence-electron chi connectivity index (χ1n) is 22.5. The zero-order valence-corrected chi connectivity index (χ0v) is 37.9. The van der Waals surface area contributed by atoms with Crippen molar-refractivity contribution in [3.05, 3.63) is 138 Å². The molecule has 1 atom stereocenters. The number of para-hydroxylation sites is 1. The molecule has 1 unspecified atom stereocenters. The van der Waals surface area contributed by atoms with Crippen molar-refractivity contribution in [3.8, 4) is 28.6 Å². The minimum Gasteiger partial charge on any atom is -0.455 e. The van der Waals surface area contributed by atoms with Crippen molar-refractivity contribution in [3.63, 3.8) is 0 Å². The van der Waals surface area contributed by atoms with E-state index >= 15 is 0 Å². The third-order valence-corrected chi connectivity index (χ3v) is 15.1. The second kappa shape index (κ2) is 13.3. The lowest BCUT2D eigenvalue weighted by Gasteiger charge is -2.52. The molecule has 4 heterocycles. The van der Waals surface area contributed by atoms with Crippen LogP contribution in [-0.4, -0.2) is 14.5 Å². The highest BCUT2D eigenvalue weighted by atomic mass is 16.5. The van der Waals surface area contributed by atoms with Gasteiger partial charge in [-0.15, -0.1) is 0 Å². The molecule has 0 radical (unpaired) electrons. The number of hydrogen-bond donors (Lipinski definition) is 0. The molecule has 1 fully saturated rings. The molecule has 0 spiro atoms. The van der Waals surface area contributed by atoms with E-state index in [4.69, 9.17) is 19.1 Å². The average molecular weight is 816 g/mol. The normalized spacial score (nSPS) is 19.2. The second-order valence-corrected chi connectivity index (χ2v) is 21.6. The Morgan fingerprint density at radius 1 is 0.661 bits per heavy atom. The van der Waals surface area contributed by atoms with Crippen LogP contribution in [0.5, 0.6) is 11.6 Å². The molecule has 5 nitrogen and oxygen atoms in total. The van der Waals surface area contributed by atoms with Crippen LogP contribution in [0.25, 0.3) is 71.6 Å². The first kappa shape index (κ1) is 38.9. The number of fused-ring (bicyclic) bond motifs is 9. The number of ether oxygens (including phenoxy) is 1. The molecule has 0 bridgehead atoms. The van der Waals surface area contributed by atoms with Crippen molar-refractivity contribution in [1.29, 1.82) is 0 Å². The number of hydrogen-bond acceptors (Lipinski definition) is 4. The van der Waals surface area contributed by atoms with Crippen molar-refractivity contribution < 1.29 is 9.15 Å². The molecular formula is C57H57N3O2. The van der Waals surface area contributed by atoms with Gasteiger partial charge in [-0.2, -0.15) is 4.98 Å². The molecule has 0 saturated heterocycles. The Hall–Kier alpha value is -5.94. The fourth-order valence-electron chi connectivity index (χ4n) is 13.2. The molecule has 11 rings (SSSR count). The minimum atomic E-state index is -0.0597. The van der Waals surface area contributed by atoms with E-state index in [-0.39, 0.29) is 10.8 Å². The van der Waals surface area contributed by atoms with Crippen LogP contribution in [0.15, 0.2) is 120 Å². The van der Waals surface area contributed by atoms with Crippen LogP contribution in [-0.2, 0) is 10.8 Å². The molecule has 0 aliphatic heterocycles. The van der Waals surface area contributed by atoms with Gasteiger partial charge in [0, 0.05) is 45.1 Å². The maximum Gasteiger partial charge on any atom is 0.221 e. The van der Waals surface area contributed by atoms with E-state index in [2.05, 4.69) is 183 Å². The van der Waals surface area contributed by atoms with Crippen LogP contribution in [0.1, 0.15) is 96.9 Å². The molecule has 0 N–H and O–H groups in total. The third kappa shape index (κ3) is 5.94. The largest absolute Gasteiger partial charge is 0.455 e. The Labute approximate surface area is 365 Å². The number of furan rings is 1. The SMILES string of the molecule is Cc1ccc(-n2c3ccccc3c3ccc(Oc4cc(-c5cc6c(cn5)C(C)(C)C(C5CC(C)(C)CC(C)(C)C5)C6(C)C)c5oc6ccc7ccccc7c6c5c4)nc32)cc1C. The number of nitrogens with zero attached hydrogens (tertiary/aromatic N) is 3. The summed E-state index contributed by atoms with van der Waals surface area (Å²) in [6, 6.07) is 38.7. The fourth-order valence-corrected chi connectivity index (χ4v) is 13.2. The lowest BCUT2D eigenvalue weighted by atomic mass is 9.53. The smallest absolute Gasteiger partial charge is 0.221 e. The molecular weight excluding hydrogens is 759 g/mol. The summed E-state index contributed by atoms with van der Waals surface area (Å²) in [6.45, 7) is 24.2. The zero-order chi connectivity index (χ0) is 43.1. The maximum atomic E-state index is 6.92. The number of aromatic nitrogens is 3. The average Bonchev–Trinajstić information content (AvgIpc) is 3.80. The summed E-state index contributed by atoms with van der Waals surface area (Å²) in [7, 11) is 0. The number of benzene rings is 5. The van der Waals surface area contributed by atoms with Gasteiger partial charge in [0.1, 0.15) is 22.6 Å². The van der Waals surface area contributed by atoms with Crippen LogP contribution >= 0.6 is 0 Å². The van der Waals surface area contributed by atoms with Gasteiger partial charge in [-0.25, -0.2) is 0 Å². The van der Waals surface area contributed by atoms with E-state index in [9.17, 15) is 0 Å². The zero-order valence-electron chi connectivity index (χ0n) is 37.9. The molecule has 5 aromatic carbocycles. The monoisotopic (exact) mass is 815 g/mol. The number of rotatable bonds is 5. The van der Waals surface area contributed by atoms with Gasteiger partial charge in [0.25, 0.3) is 0 Å². The Balaban J connectivity index is 1.08. The van der Waals surface area contributed by atoms with E-state index in [1.54, 1.807) is 0 Å². The summed E-state index contributed by atoms with van der Waals surface area (Å²) >= 11 is 0. The van der Waals surface area contributed by atoms with Gasteiger partial charge in [0.2, 0.25) is 5.88 Å². The van der Waals surface area contributed by atoms with E-state index in [0.717, 1.165) is 66.2 Å². The van der Waals surface area contributed by atoms with Crippen molar-refractivity contribution >= 4 is 54.6 Å². The molecule has 2 aliphatic rings. The second-order valence-electron chi connectivity index (χ2n) is 21.6. The van der Waals surface area contributed by atoms with Crippen LogP contribution in [0.3, 0.4) is 0 Å². The highest BCUT2D eigenvalue weighted by Gasteiger charge is 2.56. The van der Waals surface area contributed by atoms with Crippen LogP contribution in [0, 0.1) is 36.5 Å². The fraction of sp³-hybridized carbons (Fsp3) is 0.333. The van der Waals surface area contributed by atoms with Crippen molar-refractivity contribution in [2.24, 2.45) is 22.7 Å². The third-order valence-electron chi connectivity index (χ3n) is 15.1. The van der Waals surface area contributed by atoms with Gasteiger partial charge in [0.05, 0.1) is 11.2 Å². The minimum absolute atomic E-state index is 0.0266. The summed E-state index contributed by atoms with van der Waals surface area (Å²) in [5.41, 5.74) is 12.3. The topological polar surface area (TPSA) is 53.1 Å². The van der Waals surface area contributed by atoms with Gasteiger partial charge in [-0.05, 0) is 148 Å². The van der Waals surface area contributed by atoms with Gasteiger partial charge in [-0.3, -0.25) is 9.55 Å². The molecule has 1 saturated carbocycles. The molecule has 312 valence electrons. The van der Waals surface area contributed by atoms with Crippen LogP contribution in [0.2, 0.25) is 0 Å². The van der Waals surface area contributed by atoms with E-state index in [1.165, 1.54) is 46.9 Å².